The summed E-state index contributed by atoms with van der Waals surface area (Å²) in [5.41, 5.74) is 2.20. The molecule has 0 heterocycles. The van der Waals surface area contributed by atoms with Gasteiger partial charge in [0.1, 0.15) is 23.0 Å². The summed E-state index contributed by atoms with van der Waals surface area (Å²) in [6, 6.07) is 17.3. The first kappa shape index (κ1) is 27.3. The number of non-ortho nitro benzene ring substituents is 2. The number of hydrogen-bond donors (Lipinski definition) is 0. The molecule has 0 radical (unpaired) electrons. The highest BCUT2D eigenvalue weighted by Crippen LogP contribution is 2.36. The summed E-state index contributed by atoms with van der Waals surface area (Å²) < 4.78 is 39.0. The number of aryl methyl sites for hydroxylation is 4. The SMILES string of the molecule is Cc1cc(S(=O)(=O)c2cc(C)c(Oc3ccc([N+](=O)[O-])cc3)c(C)c2)cc(C)c1Oc1ccc([N+](=O)[O-])cc1. The van der Waals surface area contributed by atoms with Crippen LogP contribution in [0.5, 0.6) is 23.0 Å². The fraction of sp³-hybridized carbons (Fsp3) is 0.143. The van der Waals surface area contributed by atoms with Gasteiger partial charge in [-0.25, -0.2) is 8.42 Å². The summed E-state index contributed by atoms with van der Waals surface area (Å²) >= 11 is 0. The van der Waals surface area contributed by atoms with Crippen molar-refractivity contribution in [1.82, 2.24) is 0 Å². The van der Waals surface area contributed by atoms with Crippen LogP contribution in [0.4, 0.5) is 11.4 Å². The molecule has 200 valence electrons. The van der Waals surface area contributed by atoms with Crippen molar-refractivity contribution < 1.29 is 27.7 Å². The Hall–Kier alpha value is -4.77. The minimum atomic E-state index is -3.90. The van der Waals surface area contributed by atoms with Crippen LogP contribution in [0.15, 0.2) is 82.6 Å². The molecule has 0 aliphatic carbocycles. The standard InChI is InChI=1S/C28H24N2O8S/c1-17-13-25(14-18(2)27(17)37-23-9-5-21(6-10-23)29(31)32)39(35,36)26-15-19(3)28(20(4)16-26)38-24-11-7-22(8-12-24)30(33)34/h5-16H,1-4H3. The third-order valence-electron chi connectivity index (χ3n) is 6.02. The zero-order valence-corrected chi connectivity index (χ0v) is 22.3. The van der Waals surface area contributed by atoms with E-state index in [1.807, 2.05) is 0 Å². The Labute approximate surface area is 224 Å². The van der Waals surface area contributed by atoms with Gasteiger partial charge in [0.15, 0.2) is 0 Å². The number of nitrogens with zero attached hydrogens (tertiary/aromatic N) is 2. The van der Waals surface area contributed by atoms with Crippen molar-refractivity contribution in [3.05, 3.63) is 115 Å². The molecule has 10 nitrogen and oxygen atoms in total. The van der Waals surface area contributed by atoms with E-state index in [4.69, 9.17) is 9.47 Å². The van der Waals surface area contributed by atoms with Crippen molar-refractivity contribution in [3.63, 3.8) is 0 Å². The number of ether oxygens (including phenoxy) is 2. The van der Waals surface area contributed by atoms with Gasteiger partial charge in [-0.15, -0.1) is 0 Å². The predicted octanol–water partition coefficient (Wildman–Crippen LogP) is 7.15. The molecular formula is C28H24N2O8S. The smallest absolute Gasteiger partial charge is 0.269 e. The van der Waals surface area contributed by atoms with E-state index in [2.05, 4.69) is 0 Å². The van der Waals surface area contributed by atoms with E-state index in [-0.39, 0.29) is 21.2 Å². The maximum absolute atomic E-state index is 13.6. The van der Waals surface area contributed by atoms with Crippen LogP contribution in [-0.4, -0.2) is 18.3 Å². The molecule has 0 amide bonds. The van der Waals surface area contributed by atoms with Crippen molar-refractivity contribution in [2.45, 2.75) is 37.5 Å². The first-order valence-corrected chi connectivity index (χ1v) is 13.2. The van der Waals surface area contributed by atoms with Gasteiger partial charge in [0.2, 0.25) is 9.84 Å². The first-order valence-electron chi connectivity index (χ1n) is 11.7. The lowest BCUT2D eigenvalue weighted by atomic mass is 10.1. The Morgan fingerprint density at radius 3 is 1.10 bits per heavy atom. The van der Waals surface area contributed by atoms with Crippen LogP contribution in [0.25, 0.3) is 0 Å². The molecule has 4 aromatic rings. The normalized spacial score (nSPS) is 11.2. The maximum atomic E-state index is 13.6. The summed E-state index contributed by atoms with van der Waals surface area (Å²) in [7, 11) is -3.90. The summed E-state index contributed by atoms with van der Waals surface area (Å²) in [6.07, 6.45) is 0. The van der Waals surface area contributed by atoms with Crippen LogP contribution >= 0.6 is 0 Å². The van der Waals surface area contributed by atoms with Crippen LogP contribution in [0.2, 0.25) is 0 Å². The molecule has 0 fully saturated rings. The number of nitro groups is 2. The van der Waals surface area contributed by atoms with E-state index in [0.29, 0.717) is 45.3 Å². The average Bonchev–Trinajstić information content (AvgIpc) is 2.88. The molecule has 4 aromatic carbocycles. The molecule has 11 heteroatoms. The van der Waals surface area contributed by atoms with Gasteiger partial charge in [0.25, 0.3) is 11.4 Å². The molecular weight excluding hydrogens is 524 g/mol. The quantitative estimate of drug-likeness (QED) is 0.167. The summed E-state index contributed by atoms with van der Waals surface area (Å²) in [6.45, 7) is 6.91. The van der Waals surface area contributed by atoms with Crippen LogP contribution in [0.3, 0.4) is 0 Å². The van der Waals surface area contributed by atoms with Gasteiger partial charge in [-0.05, 0) is 98.5 Å². The highest BCUT2D eigenvalue weighted by atomic mass is 32.2. The van der Waals surface area contributed by atoms with E-state index >= 15 is 0 Å². The van der Waals surface area contributed by atoms with E-state index < -0.39 is 19.7 Å². The number of hydrogen-bond acceptors (Lipinski definition) is 8. The second-order valence-electron chi connectivity index (χ2n) is 8.98. The predicted molar refractivity (Wildman–Crippen MR) is 144 cm³/mol. The minimum Gasteiger partial charge on any atom is -0.457 e. The van der Waals surface area contributed by atoms with Crippen molar-refractivity contribution in [2.75, 3.05) is 0 Å². The second kappa shape index (κ2) is 10.5. The summed E-state index contributed by atoms with van der Waals surface area (Å²) in [5, 5.41) is 21.8. The topological polar surface area (TPSA) is 139 Å². The maximum Gasteiger partial charge on any atom is 0.269 e. The van der Waals surface area contributed by atoms with Gasteiger partial charge in [0, 0.05) is 24.3 Å². The Morgan fingerprint density at radius 2 is 0.846 bits per heavy atom. The van der Waals surface area contributed by atoms with Crippen LogP contribution in [-0.2, 0) is 9.84 Å². The van der Waals surface area contributed by atoms with Crippen LogP contribution in [0.1, 0.15) is 22.3 Å². The average molecular weight is 549 g/mol. The second-order valence-corrected chi connectivity index (χ2v) is 10.9. The highest BCUT2D eigenvalue weighted by Gasteiger charge is 2.23. The molecule has 0 saturated heterocycles. The minimum absolute atomic E-state index is 0.0630. The number of sulfone groups is 1. The summed E-state index contributed by atoms with van der Waals surface area (Å²) in [4.78, 5) is 20.9. The fourth-order valence-corrected chi connectivity index (χ4v) is 5.70. The number of benzene rings is 4. The van der Waals surface area contributed by atoms with Crippen molar-refractivity contribution in [2.24, 2.45) is 0 Å². The molecule has 0 atom stereocenters. The van der Waals surface area contributed by atoms with Crippen LogP contribution < -0.4 is 9.47 Å². The van der Waals surface area contributed by atoms with Gasteiger partial charge in [-0.3, -0.25) is 20.2 Å². The monoisotopic (exact) mass is 548 g/mol. The van der Waals surface area contributed by atoms with E-state index in [0.717, 1.165) is 0 Å². The van der Waals surface area contributed by atoms with Crippen molar-refractivity contribution in [3.8, 4) is 23.0 Å². The highest BCUT2D eigenvalue weighted by molar-refractivity contribution is 7.91. The van der Waals surface area contributed by atoms with E-state index in [1.54, 1.807) is 27.7 Å². The number of nitro benzene ring substituents is 2. The van der Waals surface area contributed by atoms with Crippen molar-refractivity contribution in [1.29, 1.82) is 0 Å². The van der Waals surface area contributed by atoms with Crippen LogP contribution in [0, 0.1) is 47.9 Å². The van der Waals surface area contributed by atoms with Gasteiger partial charge in [0.05, 0.1) is 19.6 Å². The van der Waals surface area contributed by atoms with E-state index in [9.17, 15) is 28.6 Å². The molecule has 0 saturated carbocycles. The summed E-state index contributed by atoms with van der Waals surface area (Å²) in [5.74, 6) is 1.69. The molecule has 4 rings (SSSR count). The number of rotatable bonds is 8. The molecule has 0 spiro atoms. The van der Waals surface area contributed by atoms with Gasteiger partial charge < -0.3 is 9.47 Å². The molecule has 39 heavy (non-hydrogen) atoms. The molecule has 0 N–H and O–H groups in total. The zero-order chi connectivity index (χ0) is 28.5. The molecule has 0 unspecified atom stereocenters. The largest absolute Gasteiger partial charge is 0.457 e. The van der Waals surface area contributed by atoms with E-state index in [1.165, 1.54) is 72.8 Å². The Bertz CT molecular complexity index is 1530. The molecule has 0 aromatic heterocycles. The molecule has 0 aliphatic rings. The van der Waals surface area contributed by atoms with Gasteiger partial charge in [-0.2, -0.15) is 0 Å². The lowest BCUT2D eigenvalue weighted by molar-refractivity contribution is -0.385. The third-order valence-corrected chi connectivity index (χ3v) is 7.74. The zero-order valence-electron chi connectivity index (χ0n) is 21.5. The Kier molecular flexibility index (Phi) is 7.37. The first-order chi connectivity index (χ1) is 18.4. The third kappa shape index (κ3) is 5.73. The molecule has 0 aliphatic heterocycles. The fourth-order valence-electron chi connectivity index (χ4n) is 4.10. The molecule has 0 bridgehead atoms. The van der Waals surface area contributed by atoms with Gasteiger partial charge in [-0.1, -0.05) is 0 Å². The van der Waals surface area contributed by atoms with Gasteiger partial charge >= 0.3 is 0 Å². The van der Waals surface area contributed by atoms with Crippen molar-refractivity contribution >= 4 is 21.2 Å². The lowest BCUT2D eigenvalue weighted by Gasteiger charge is -2.16. The lowest BCUT2D eigenvalue weighted by Crippen LogP contribution is -2.06. The Morgan fingerprint density at radius 1 is 0.564 bits per heavy atom. The Balaban J connectivity index is 1.61.